The Hall–Kier alpha value is -1.65. The van der Waals surface area contributed by atoms with Gasteiger partial charge in [-0.05, 0) is 25.0 Å². The first-order valence-corrected chi connectivity index (χ1v) is 7.70. The van der Waals surface area contributed by atoms with Gasteiger partial charge in [-0.3, -0.25) is 4.98 Å². The fourth-order valence-electron chi connectivity index (χ4n) is 3.14. The van der Waals surface area contributed by atoms with E-state index in [1.165, 1.54) is 23.9 Å². The molecule has 1 saturated heterocycles. The molecule has 1 aromatic carbocycles. The van der Waals surface area contributed by atoms with Crippen LogP contribution in [0.1, 0.15) is 12.8 Å². The van der Waals surface area contributed by atoms with Gasteiger partial charge in [0.15, 0.2) is 0 Å². The molecule has 0 amide bonds. The van der Waals surface area contributed by atoms with Crippen LogP contribution in [0.15, 0.2) is 36.5 Å². The van der Waals surface area contributed by atoms with Crippen LogP contribution in [0.25, 0.3) is 10.9 Å². The van der Waals surface area contributed by atoms with Crippen LogP contribution in [0, 0.1) is 0 Å². The fraction of sp³-hybridized carbons (Fsp3) is 0.471. The van der Waals surface area contributed by atoms with Crippen molar-refractivity contribution in [1.29, 1.82) is 0 Å². The second-order valence-electron chi connectivity index (χ2n) is 5.53. The van der Waals surface area contributed by atoms with Crippen molar-refractivity contribution in [3.05, 3.63) is 36.5 Å². The first-order valence-electron chi connectivity index (χ1n) is 7.70. The zero-order valence-electron chi connectivity index (χ0n) is 12.6. The third kappa shape index (κ3) is 3.17. The zero-order valence-corrected chi connectivity index (χ0v) is 12.6. The molecular weight excluding hydrogens is 262 g/mol. The minimum Gasteiger partial charge on any atom is -0.383 e. The molecule has 0 radical (unpaired) electrons. The maximum absolute atomic E-state index is 5.09. The first-order chi connectivity index (χ1) is 10.4. The predicted octanol–water partition coefficient (Wildman–Crippen LogP) is 2.44. The molecule has 1 unspecified atom stereocenters. The molecular formula is C17H23N3O. The molecule has 2 heterocycles. The molecule has 1 atom stereocenters. The van der Waals surface area contributed by atoms with Gasteiger partial charge in [-0.25, -0.2) is 0 Å². The highest BCUT2D eigenvalue weighted by Crippen LogP contribution is 2.30. The van der Waals surface area contributed by atoms with Crippen molar-refractivity contribution in [1.82, 2.24) is 10.3 Å². The van der Waals surface area contributed by atoms with Crippen LogP contribution in [0.2, 0.25) is 0 Å². The van der Waals surface area contributed by atoms with Crippen molar-refractivity contribution in [2.75, 3.05) is 38.3 Å². The Labute approximate surface area is 126 Å². The van der Waals surface area contributed by atoms with Crippen molar-refractivity contribution in [3.63, 3.8) is 0 Å². The minimum atomic E-state index is 0.563. The smallest absolute Gasteiger partial charge is 0.0722 e. The van der Waals surface area contributed by atoms with E-state index in [4.69, 9.17) is 4.74 Å². The quantitative estimate of drug-likeness (QED) is 0.827. The minimum absolute atomic E-state index is 0.563. The molecule has 0 saturated carbocycles. The number of hydrogen-bond acceptors (Lipinski definition) is 4. The number of nitrogens with zero attached hydrogens (tertiary/aromatic N) is 2. The topological polar surface area (TPSA) is 37.4 Å². The van der Waals surface area contributed by atoms with Gasteiger partial charge in [0, 0.05) is 50.1 Å². The summed E-state index contributed by atoms with van der Waals surface area (Å²) in [6, 6.07) is 11.1. The van der Waals surface area contributed by atoms with Crippen molar-refractivity contribution >= 4 is 16.6 Å². The number of methoxy groups -OCH3 is 1. The summed E-state index contributed by atoms with van der Waals surface area (Å²) in [5, 5.41) is 4.75. The molecule has 112 valence electrons. The number of ether oxygens (including phenoxy) is 1. The molecule has 2 aromatic rings. The Morgan fingerprint density at radius 3 is 3.14 bits per heavy atom. The molecule has 1 aliphatic rings. The first kappa shape index (κ1) is 14.3. The van der Waals surface area contributed by atoms with Gasteiger partial charge in [-0.15, -0.1) is 0 Å². The predicted molar refractivity (Wildman–Crippen MR) is 86.9 cm³/mol. The number of rotatable bonds is 6. The van der Waals surface area contributed by atoms with E-state index in [0.717, 1.165) is 31.8 Å². The highest BCUT2D eigenvalue weighted by Gasteiger charge is 2.25. The summed E-state index contributed by atoms with van der Waals surface area (Å²) in [7, 11) is 1.74. The summed E-state index contributed by atoms with van der Waals surface area (Å²) in [4.78, 5) is 7.00. The van der Waals surface area contributed by atoms with Crippen LogP contribution < -0.4 is 10.2 Å². The van der Waals surface area contributed by atoms with Crippen LogP contribution in [0.4, 0.5) is 5.69 Å². The summed E-state index contributed by atoms with van der Waals surface area (Å²) in [5.41, 5.74) is 2.39. The van der Waals surface area contributed by atoms with Crippen molar-refractivity contribution < 1.29 is 4.74 Å². The second-order valence-corrected chi connectivity index (χ2v) is 5.53. The standard InChI is InChI=1S/C17H23N3O/c1-21-12-10-18-13-14-5-4-11-20(14)17-8-9-19-16-7-3-2-6-15(16)17/h2-3,6-9,14,18H,4-5,10-13H2,1H3. The summed E-state index contributed by atoms with van der Waals surface area (Å²) in [6.07, 6.45) is 4.43. The van der Waals surface area contributed by atoms with Crippen LogP contribution in [0.3, 0.4) is 0 Å². The SMILES string of the molecule is COCCNCC1CCCN1c1ccnc2ccccc12. The van der Waals surface area contributed by atoms with E-state index in [-0.39, 0.29) is 0 Å². The van der Waals surface area contributed by atoms with Crippen LogP contribution in [-0.2, 0) is 4.74 Å². The third-order valence-electron chi connectivity index (χ3n) is 4.18. The average Bonchev–Trinajstić information content (AvgIpc) is 2.99. The lowest BCUT2D eigenvalue weighted by Gasteiger charge is -2.28. The normalized spacial score (nSPS) is 18.5. The van der Waals surface area contributed by atoms with E-state index in [0.29, 0.717) is 6.04 Å². The number of nitrogens with one attached hydrogen (secondary N) is 1. The van der Waals surface area contributed by atoms with Crippen molar-refractivity contribution in [3.8, 4) is 0 Å². The Balaban J connectivity index is 1.77. The second kappa shape index (κ2) is 6.87. The van der Waals surface area contributed by atoms with Gasteiger partial charge >= 0.3 is 0 Å². The molecule has 1 aliphatic heterocycles. The highest BCUT2D eigenvalue weighted by atomic mass is 16.5. The van der Waals surface area contributed by atoms with E-state index in [1.807, 2.05) is 12.3 Å². The molecule has 21 heavy (non-hydrogen) atoms. The Kier molecular flexibility index (Phi) is 4.68. The molecule has 3 rings (SSSR count). The lowest BCUT2D eigenvalue weighted by Crippen LogP contribution is -2.39. The van der Waals surface area contributed by atoms with Gasteiger partial charge in [0.05, 0.1) is 12.1 Å². The number of pyridine rings is 1. The zero-order chi connectivity index (χ0) is 14.5. The third-order valence-corrected chi connectivity index (χ3v) is 4.18. The Bertz CT molecular complexity index is 582. The lowest BCUT2D eigenvalue weighted by molar-refractivity contribution is 0.199. The molecule has 0 spiro atoms. The summed E-state index contributed by atoms with van der Waals surface area (Å²) in [5.74, 6) is 0. The highest BCUT2D eigenvalue weighted by molar-refractivity contribution is 5.91. The van der Waals surface area contributed by atoms with Gasteiger partial charge in [-0.2, -0.15) is 0 Å². The Morgan fingerprint density at radius 2 is 2.24 bits per heavy atom. The molecule has 4 heteroatoms. The molecule has 0 aliphatic carbocycles. The number of benzene rings is 1. The molecule has 1 aromatic heterocycles. The van der Waals surface area contributed by atoms with Gasteiger partial charge in [0.1, 0.15) is 0 Å². The Morgan fingerprint density at radius 1 is 1.33 bits per heavy atom. The molecule has 1 fully saturated rings. The van der Waals surface area contributed by atoms with Crippen LogP contribution in [0.5, 0.6) is 0 Å². The molecule has 1 N–H and O–H groups in total. The van der Waals surface area contributed by atoms with E-state index in [1.54, 1.807) is 7.11 Å². The van der Waals surface area contributed by atoms with Crippen LogP contribution >= 0.6 is 0 Å². The van der Waals surface area contributed by atoms with Crippen molar-refractivity contribution in [2.45, 2.75) is 18.9 Å². The maximum atomic E-state index is 5.09. The number of anilines is 1. The largest absolute Gasteiger partial charge is 0.383 e. The van der Waals surface area contributed by atoms with Gasteiger partial charge < -0.3 is 15.0 Å². The summed E-state index contributed by atoms with van der Waals surface area (Å²) in [6.45, 7) is 3.83. The number of hydrogen-bond donors (Lipinski definition) is 1. The fourth-order valence-corrected chi connectivity index (χ4v) is 3.14. The number of fused-ring (bicyclic) bond motifs is 1. The van der Waals surface area contributed by atoms with Gasteiger partial charge in [0.25, 0.3) is 0 Å². The summed E-state index contributed by atoms with van der Waals surface area (Å²) >= 11 is 0. The number of para-hydroxylation sites is 1. The summed E-state index contributed by atoms with van der Waals surface area (Å²) < 4.78 is 5.09. The van der Waals surface area contributed by atoms with E-state index in [9.17, 15) is 0 Å². The van der Waals surface area contributed by atoms with Crippen molar-refractivity contribution in [2.24, 2.45) is 0 Å². The molecule has 4 nitrogen and oxygen atoms in total. The maximum Gasteiger partial charge on any atom is 0.0722 e. The number of aromatic nitrogens is 1. The average molecular weight is 285 g/mol. The van der Waals surface area contributed by atoms with E-state index >= 15 is 0 Å². The van der Waals surface area contributed by atoms with Gasteiger partial charge in [0.2, 0.25) is 0 Å². The molecule has 0 bridgehead atoms. The van der Waals surface area contributed by atoms with E-state index in [2.05, 4.69) is 39.5 Å². The lowest BCUT2D eigenvalue weighted by atomic mass is 10.1. The monoisotopic (exact) mass is 285 g/mol. The van der Waals surface area contributed by atoms with Crippen LogP contribution in [-0.4, -0.2) is 44.4 Å². The van der Waals surface area contributed by atoms with E-state index < -0.39 is 0 Å². The van der Waals surface area contributed by atoms with Gasteiger partial charge in [-0.1, -0.05) is 18.2 Å².